The van der Waals surface area contributed by atoms with Gasteiger partial charge in [0, 0.05) is 18.5 Å². The Bertz CT molecular complexity index is 702. The highest BCUT2D eigenvalue weighted by atomic mass is 16.2. The van der Waals surface area contributed by atoms with Crippen LogP contribution in [0.2, 0.25) is 0 Å². The lowest BCUT2D eigenvalue weighted by molar-refractivity contribution is -0.142. The summed E-state index contributed by atoms with van der Waals surface area (Å²) in [6, 6.07) is 0.410. The molecule has 1 aliphatic heterocycles. The number of carbonyl (C=O) groups is 1. The molecule has 1 amide bonds. The van der Waals surface area contributed by atoms with Gasteiger partial charge in [-0.25, -0.2) is 4.68 Å². The Morgan fingerprint density at radius 2 is 1.76 bits per heavy atom. The second-order valence-electron chi connectivity index (χ2n) is 9.69. The van der Waals surface area contributed by atoms with Gasteiger partial charge in [0.2, 0.25) is 5.91 Å². The van der Waals surface area contributed by atoms with Crippen LogP contribution in [0.3, 0.4) is 0 Å². The van der Waals surface area contributed by atoms with Crippen molar-refractivity contribution in [1.82, 2.24) is 30.0 Å². The van der Waals surface area contributed by atoms with Crippen LogP contribution in [0.15, 0.2) is 0 Å². The van der Waals surface area contributed by atoms with Crippen molar-refractivity contribution in [2.75, 3.05) is 26.2 Å². The fourth-order valence-electron chi connectivity index (χ4n) is 6.20. The Kier molecular flexibility index (Phi) is 5.96. The molecule has 0 N–H and O–H groups in total. The molecule has 0 unspecified atom stereocenters. The molecule has 0 radical (unpaired) electrons. The summed E-state index contributed by atoms with van der Waals surface area (Å²) in [5.41, 5.74) is -0.453. The fraction of sp³-hybridized carbons (Fsp3) is 0.909. The van der Waals surface area contributed by atoms with E-state index in [9.17, 15) is 4.79 Å². The third kappa shape index (κ3) is 3.60. The second-order valence-corrected chi connectivity index (χ2v) is 9.69. The van der Waals surface area contributed by atoms with E-state index < -0.39 is 0 Å². The van der Waals surface area contributed by atoms with E-state index in [0.717, 1.165) is 64.1 Å². The number of carbonyl (C=O) groups excluding carboxylic acids is 1. The minimum atomic E-state index is -0.268. The largest absolute Gasteiger partial charge is 0.340 e. The number of amides is 1. The van der Waals surface area contributed by atoms with Crippen molar-refractivity contribution in [2.45, 2.75) is 96.6 Å². The maximum Gasteiger partial charge on any atom is 0.228 e. The zero-order valence-corrected chi connectivity index (χ0v) is 18.6. The van der Waals surface area contributed by atoms with Gasteiger partial charge in [0.1, 0.15) is 5.54 Å². The summed E-state index contributed by atoms with van der Waals surface area (Å²) in [7, 11) is 0. The molecule has 3 aliphatic rings. The van der Waals surface area contributed by atoms with Crippen LogP contribution >= 0.6 is 0 Å². The maximum atomic E-state index is 13.6. The molecule has 162 valence electrons. The fourth-order valence-corrected chi connectivity index (χ4v) is 6.20. The highest BCUT2D eigenvalue weighted by Crippen LogP contribution is 2.43. The highest BCUT2D eigenvalue weighted by Gasteiger charge is 2.51. The summed E-state index contributed by atoms with van der Waals surface area (Å²) >= 11 is 0. The van der Waals surface area contributed by atoms with E-state index >= 15 is 0 Å². The van der Waals surface area contributed by atoms with Crippen molar-refractivity contribution in [1.29, 1.82) is 0 Å². The highest BCUT2D eigenvalue weighted by molar-refractivity contribution is 5.83. The molecule has 2 heterocycles. The van der Waals surface area contributed by atoms with Gasteiger partial charge in [0.25, 0.3) is 0 Å². The molecule has 4 rings (SSSR count). The normalized spacial score (nSPS) is 27.8. The Morgan fingerprint density at radius 1 is 1.07 bits per heavy atom. The Labute approximate surface area is 175 Å². The van der Waals surface area contributed by atoms with Gasteiger partial charge >= 0.3 is 0 Å². The summed E-state index contributed by atoms with van der Waals surface area (Å²) < 4.78 is 2.11. The number of rotatable bonds is 6. The van der Waals surface area contributed by atoms with E-state index in [4.69, 9.17) is 0 Å². The van der Waals surface area contributed by atoms with Gasteiger partial charge in [-0.1, -0.05) is 52.9 Å². The number of aromatic nitrogens is 4. The van der Waals surface area contributed by atoms with Crippen molar-refractivity contribution in [2.24, 2.45) is 5.41 Å². The molecular weight excluding hydrogens is 364 g/mol. The molecule has 1 aromatic rings. The summed E-state index contributed by atoms with van der Waals surface area (Å²) in [5.74, 6) is 1.34. The van der Waals surface area contributed by atoms with Gasteiger partial charge in [0.05, 0.1) is 6.04 Å². The van der Waals surface area contributed by atoms with Gasteiger partial charge in [0.15, 0.2) is 5.82 Å². The molecule has 3 fully saturated rings. The lowest BCUT2D eigenvalue weighted by atomic mass is 9.74. The monoisotopic (exact) mass is 402 g/mol. The molecule has 0 aromatic carbocycles. The first kappa shape index (κ1) is 20.8. The average Bonchev–Trinajstić information content (AvgIpc) is 3.48. The molecule has 1 saturated heterocycles. The molecule has 7 heteroatoms. The smallest absolute Gasteiger partial charge is 0.228 e. The van der Waals surface area contributed by atoms with Crippen molar-refractivity contribution >= 4 is 5.91 Å². The zero-order chi connectivity index (χ0) is 20.5. The third-order valence-corrected chi connectivity index (χ3v) is 7.96. The van der Waals surface area contributed by atoms with E-state index in [1.807, 2.05) is 0 Å². The third-order valence-electron chi connectivity index (χ3n) is 7.96. The predicted molar refractivity (Wildman–Crippen MR) is 112 cm³/mol. The van der Waals surface area contributed by atoms with Crippen LogP contribution in [-0.4, -0.2) is 62.1 Å². The molecular formula is C22H38N6O. The topological polar surface area (TPSA) is 67.2 Å². The molecule has 1 aromatic heterocycles. The number of hydrogen-bond donors (Lipinski definition) is 0. The molecule has 29 heavy (non-hydrogen) atoms. The van der Waals surface area contributed by atoms with Crippen molar-refractivity contribution in [3.05, 3.63) is 5.82 Å². The van der Waals surface area contributed by atoms with Crippen LogP contribution < -0.4 is 0 Å². The van der Waals surface area contributed by atoms with Gasteiger partial charge in [-0.15, -0.1) is 5.10 Å². The van der Waals surface area contributed by atoms with E-state index in [-0.39, 0.29) is 11.0 Å². The first-order valence-corrected chi connectivity index (χ1v) is 11.9. The molecule has 2 saturated carbocycles. The summed E-state index contributed by atoms with van der Waals surface area (Å²) in [5, 5.41) is 13.1. The Morgan fingerprint density at radius 3 is 2.41 bits per heavy atom. The lowest BCUT2D eigenvalue weighted by Crippen LogP contribution is -2.52. The zero-order valence-electron chi connectivity index (χ0n) is 18.6. The predicted octanol–water partition coefficient (Wildman–Crippen LogP) is 3.53. The van der Waals surface area contributed by atoms with Crippen molar-refractivity contribution < 1.29 is 4.79 Å². The Hall–Kier alpha value is -1.50. The number of likely N-dealkylation sites (tertiary alicyclic amines) is 1. The first-order chi connectivity index (χ1) is 14.0. The van der Waals surface area contributed by atoms with Crippen LogP contribution in [0.4, 0.5) is 0 Å². The van der Waals surface area contributed by atoms with Crippen LogP contribution in [0.1, 0.15) is 96.8 Å². The summed E-state index contributed by atoms with van der Waals surface area (Å²) in [6.07, 6.45) is 11.4. The Balaban J connectivity index is 1.64. The first-order valence-electron chi connectivity index (χ1n) is 11.9. The second kappa shape index (κ2) is 8.32. The minimum Gasteiger partial charge on any atom is -0.340 e. The van der Waals surface area contributed by atoms with Gasteiger partial charge < -0.3 is 4.90 Å². The lowest BCUT2D eigenvalue weighted by Gasteiger charge is -2.40. The maximum absolute atomic E-state index is 13.6. The van der Waals surface area contributed by atoms with Crippen LogP contribution in [0, 0.1) is 5.41 Å². The van der Waals surface area contributed by atoms with Gasteiger partial charge in [-0.05, 0) is 55.6 Å². The summed E-state index contributed by atoms with van der Waals surface area (Å²) in [6.45, 7) is 10.0. The average molecular weight is 403 g/mol. The number of nitrogens with zero attached hydrogens (tertiary/aromatic N) is 6. The number of likely N-dealkylation sites (N-methyl/N-ethyl adjacent to an activating group) is 1. The van der Waals surface area contributed by atoms with E-state index in [0.29, 0.717) is 11.9 Å². The number of tetrazole rings is 1. The van der Waals surface area contributed by atoms with E-state index in [1.54, 1.807) is 0 Å². The minimum absolute atomic E-state index is 0.186. The quantitative estimate of drug-likeness (QED) is 0.728. The molecule has 1 atom stereocenters. The molecule has 0 spiro atoms. The van der Waals surface area contributed by atoms with Crippen LogP contribution in [0.5, 0.6) is 0 Å². The number of hydrogen-bond acceptors (Lipinski definition) is 5. The van der Waals surface area contributed by atoms with Crippen molar-refractivity contribution in [3.8, 4) is 0 Å². The van der Waals surface area contributed by atoms with Crippen LogP contribution in [0.25, 0.3) is 0 Å². The SMILES string of the molecule is CCN(CC)[C@@]1(c2nnnn2C2CCCC2)CCN(C(=O)C2(C)CCCCC2)C1. The standard InChI is InChI=1S/C22H38N6O/c1-4-27(5-2)22(19-23-24-25-28(19)18-11-7-8-12-18)15-16-26(17-22)20(29)21(3)13-9-6-10-14-21/h18H,4-17H2,1-3H3/t22-/m0/s1. The van der Waals surface area contributed by atoms with Crippen LogP contribution in [-0.2, 0) is 10.3 Å². The molecule has 2 aliphatic carbocycles. The van der Waals surface area contributed by atoms with E-state index in [1.165, 1.54) is 32.1 Å². The summed E-state index contributed by atoms with van der Waals surface area (Å²) in [4.78, 5) is 18.2. The van der Waals surface area contributed by atoms with Gasteiger partial charge in [-0.3, -0.25) is 9.69 Å². The molecule has 7 nitrogen and oxygen atoms in total. The molecule has 0 bridgehead atoms. The van der Waals surface area contributed by atoms with E-state index in [2.05, 4.69) is 50.8 Å². The van der Waals surface area contributed by atoms with Gasteiger partial charge in [-0.2, -0.15) is 0 Å². The van der Waals surface area contributed by atoms with Crippen molar-refractivity contribution in [3.63, 3.8) is 0 Å².